The van der Waals surface area contributed by atoms with Crippen LogP contribution in [0.1, 0.15) is 52.9 Å². The summed E-state index contributed by atoms with van der Waals surface area (Å²) in [4.78, 5) is 20.0. The topological polar surface area (TPSA) is 63.6 Å². The van der Waals surface area contributed by atoms with Gasteiger partial charge in [0.15, 0.2) is 0 Å². The number of carbonyl (C=O) groups excluding carboxylic acids is 2. The lowest BCUT2D eigenvalue weighted by molar-refractivity contribution is -0.151. The molecular weight excluding hydrogens is 232 g/mol. The monoisotopic (exact) mass is 254 g/mol. The number of hydrogen-bond donors (Lipinski definition) is 1. The fraction of sp³-hybridized carbons (Fsp3) is 0.857. The van der Waals surface area contributed by atoms with Gasteiger partial charge in [-0.15, -0.1) is 0 Å². The van der Waals surface area contributed by atoms with E-state index in [1.54, 1.807) is 0 Å². The predicted octanol–water partition coefficient (Wildman–Crippen LogP) is 2.04. The molecule has 2 bridgehead atoms. The van der Waals surface area contributed by atoms with Crippen LogP contribution in [0.4, 0.5) is 0 Å². The lowest BCUT2D eigenvalue weighted by Gasteiger charge is -2.36. The van der Waals surface area contributed by atoms with Gasteiger partial charge in [0.05, 0.1) is 18.9 Å². The van der Waals surface area contributed by atoms with Crippen molar-refractivity contribution in [3.63, 3.8) is 0 Å². The summed E-state index contributed by atoms with van der Waals surface area (Å²) in [6.45, 7) is 6.90. The molecule has 0 unspecified atom stereocenters. The number of hydrogen-bond acceptors (Lipinski definition) is 4. The Morgan fingerprint density at radius 3 is 1.89 bits per heavy atom. The molecule has 0 aromatic carbocycles. The minimum Gasteiger partial charge on any atom is -0.393 e. The van der Waals surface area contributed by atoms with Crippen molar-refractivity contribution in [2.75, 3.05) is 0 Å². The Morgan fingerprint density at radius 2 is 1.72 bits per heavy atom. The van der Waals surface area contributed by atoms with Gasteiger partial charge in [0.25, 0.3) is 0 Å². The summed E-state index contributed by atoms with van der Waals surface area (Å²) >= 11 is 0. The van der Waals surface area contributed by atoms with E-state index in [-0.39, 0.29) is 24.4 Å². The van der Waals surface area contributed by atoms with Crippen molar-refractivity contribution in [3.8, 4) is 0 Å². The van der Waals surface area contributed by atoms with Crippen molar-refractivity contribution in [2.45, 2.75) is 59.0 Å². The smallest absolute Gasteiger partial charge is 0.314 e. The van der Waals surface area contributed by atoms with Crippen LogP contribution >= 0.6 is 0 Å². The molecular formula is C14H22O4. The Morgan fingerprint density at radius 1 is 1.17 bits per heavy atom. The average Bonchev–Trinajstić information content (AvgIpc) is 2.80. The molecule has 3 rings (SSSR count). The van der Waals surface area contributed by atoms with E-state index in [0.717, 1.165) is 12.3 Å². The Bertz CT molecular complexity index is 360. The zero-order chi connectivity index (χ0) is 13.6. The van der Waals surface area contributed by atoms with Crippen molar-refractivity contribution >= 4 is 11.9 Å². The molecule has 0 spiro atoms. The van der Waals surface area contributed by atoms with Gasteiger partial charge in [0, 0.05) is 0 Å². The first-order valence-electron chi connectivity index (χ1n) is 6.69. The molecule has 1 aliphatic heterocycles. The van der Waals surface area contributed by atoms with Crippen LogP contribution in [0.5, 0.6) is 0 Å². The van der Waals surface area contributed by atoms with Crippen molar-refractivity contribution in [1.29, 1.82) is 0 Å². The van der Waals surface area contributed by atoms with E-state index in [4.69, 9.17) is 0 Å². The SMILES string of the molecule is CC1(C)[C@@H]2CC[C@]1(C)[C@@H](O)C2.O=C1CCC(=O)O1. The van der Waals surface area contributed by atoms with E-state index >= 15 is 0 Å². The second kappa shape index (κ2) is 4.34. The van der Waals surface area contributed by atoms with Gasteiger partial charge in [0.1, 0.15) is 0 Å². The summed E-state index contributed by atoms with van der Waals surface area (Å²) in [6, 6.07) is 0. The van der Waals surface area contributed by atoms with Crippen LogP contribution in [-0.2, 0) is 14.3 Å². The number of ether oxygens (including phenoxy) is 1. The maximum absolute atomic E-state index is 10.0. The Balaban J connectivity index is 0.000000149. The molecule has 0 aromatic rings. The molecule has 0 aromatic heterocycles. The van der Waals surface area contributed by atoms with Gasteiger partial charge in [0.2, 0.25) is 0 Å². The van der Waals surface area contributed by atoms with Gasteiger partial charge in [-0.1, -0.05) is 20.8 Å². The number of rotatable bonds is 0. The predicted molar refractivity (Wildman–Crippen MR) is 65.6 cm³/mol. The zero-order valence-corrected chi connectivity index (χ0v) is 11.4. The van der Waals surface area contributed by atoms with Crippen molar-refractivity contribution in [1.82, 2.24) is 0 Å². The summed E-state index contributed by atoms with van der Waals surface area (Å²) < 4.78 is 4.08. The quantitative estimate of drug-likeness (QED) is 0.531. The largest absolute Gasteiger partial charge is 0.393 e. The molecule has 18 heavy (non-hydrogen) atoms. The summed E-state index contributed by atoms with van der Waals surface area (Å²) in [6.07, 6.45) is 4.10. The molecule has 1 heterocycles. The lowest BCUT2D eigenvalue weighted by atomic mass is 9.70. The zero-order valence-electron chi connectivity index (χ0n) is 11.4. The normalized spacial score (nSPS) is 40.4. The molecule has 1 N–H and O–H groups in total. The highest BCUT2D eigenvalue weighted by Crippen LogP contribution is 2.65. The van der Waals surface area contributed by atoms with Crippen molar-refractivity contribution in [2.24, 2.45) is 16.7 Å². The maximum atomic E-state index is 10.0. The number of aliphatic hydroxyl groups is 1. The Labute approximate surface area is 108 Å². The number of esters is 2. The molecule has 4 heteroatoms. The van der Waals surface area contributed by atoms with Crippen LogP contribution in [0.2, 0.25) is 0 Å². The van der Waals surface area contributed by atoms with Gasteiger partial charge in [-0.3, -0.25) is 9.59 Å². The highest BCUT2D eigenvalue weighted by Gasteiger charge is 2.60. The van der Waals surface area contributed by atoms with E-state index in [9.17, 15) is 14.7 Å². The van der Waals surface area contributed by atoms with E-state index in [0.29, 0.717) is 5.41 Å². The first-order chi connectivity index (χ1) is 8.27. The fourth-order valence-corrected chi connectivity index (χ4v) is 3.59. The summed E-state index contributed by atoms with van der Waals surface area (Å²) in [5.41, 5.74) is 0.601. The molecule has 3 fully saturated rings. The molecule has 2 aliphatic carbocycles. The second-order valence-corrected chi connectivity index (χ2v) is 6.47. The Hall–Kier alpha value is -0.900. The van der Waals surface area contributed by atoms with Crippen LogP contribution in [-0.4, -0.2) is 23.1 Å². The Kier molecular flexibility index (Phi) is 3.26. The molecule has 3 aliphatic rings. The van der Waals surface area contributed by atoms with Crippen LogP contribution in [0, 0.1) is 16.7 Å². The minimum atomic E-state index is -0.398. The third-order valence-electron chi connectivity index (χ3n) is 5.51. The minimum absolute atomic E-state index is 0.0313. The molecule has 0 radical (unpaired) electrons. The third-order valence-corrected chi connectivity index (χ3v) is 5.51. The third kappa shape index (κ3) is 1.96. The lowest BCUT2D eigenvalue weighted by Crippen LogP contribution is -2.35. The molecule has 102 valence electrons. The van der Waals surface area contributed by atoms with Gasteiger partial charge in [-0.2, -0.15) is 0 Å². The van der Waals surface area contributed by atoms with Crippen LogP contribution in [0.25, 0.3) is 0 Å². The van der Waals surface area contributed by atoms with Gasteiger partial charge in [-0.25, -0.2) is 0 Å². The maximum Gasteiger partial charge on any atom is 0.314 e. The van der Waals surface area contributed by atoms with Crippen molar-refractivity contribution < 1.29 is 19.4 Å². The van der Waals surface area contributed by atoms with E-state index < -0.39 is 11.9 Å². The van der Waals surface area contributed by atoms with E-state index in [2.05, 4.69) is 25.5 Å². The molecule has 3 atom stereocenters. The van der Waals surface area contributed by atoms with Gasteiger partial charge >= 0.3 is 11.9 Å². The number of cyclic esters (lactones) is 2. The van der Waals surface area contributed by atoms with Gasteiger partial charge < -0.3 is 9.84 Å². The fourth-order valence-electron chi connectivity index (χ4n) is 3.59. The second-order valence-electron chi connectivity index (χ2n) is 6.47. The summed E-state index contributed by atoms with van der Waals surface area (Å²) in [5.74, 6) is -0.0162. The molecule has 0 amide bonds. The molecule has 2 saturated carbocycles. The number of aliphatic hydroxyl groups excluding tert-OH is 1. The first-order valence-corrected chi connectivity index (χ1v) is 6.69. The van der Waals surface area contributed by atoms with Crippen molar-refractivity contribution in [3.05, 3.63) is 0 Å². The first kappa shape index (κ1) is 13.5. The van der Waals surface area contributed by atoms with E-state index in [1.807, 2.05) is 0 Å². The number of carbonyl (C=O) groups is 2. The van der Waals surface area contributed by atoms with Crippen LogP contribution in [0.3, 0.4) is 0 Å². The summed E-state index contributed by atoms with van der Waals surface area (Å²) in [7, 11) is 0. The van der Waals surface area contributed by atoms with E-state index in [1.165, 1.54) is 12.8 Å². The van der Waals surface area contributed by atoms with Crippen LogP contribution in [0.15, 0.2) is 0 Å². The molecule has 4 nitrogen and oxygen atoms in total. The number of fused-ring (bicyclic) bond motifs is 2. The average molecular weight is 254 g/mol. The highest BCUT2D eigenvalue weighted by atomic mass is 16.6. The summed E-state index contributed by atoms with van der Waals surface area (Å²) in [5, 5.41) is 9.81. The van der Waals surface area contributed by atoms with Crippen LogP contribution < -0.4 is 0 Å². The molecule has 1 saturated heterocycles. The van der Waals surface area contributed by atoms with Gasteiger partial charge in [-0.05, 0) is 36.0 Å². The standard InChI is InChI=1S/C10H18O.C4H4O3/c1-9(2)7-4-5-10(9,3)8(11)6-7;5-3-1-2-4(6)7-3/h7-8,11H,4-6H2,1-3H3;1-2H2/t7-,8+,10-;/m1./s1. The highest BCUT2D eigenvalue weighted by molar-refractivity contribution is 5.92.